The van der Waals surface area contributed by atoms with Crippen molar-refractivity contribution in [3.63, 3.8) is 0 Å². The molecule has 0 saturated heterocycles. The summed E-state index contributed by atoms with van der Waals surface area (Å²) in [6.45, 7) is 6.08. The van der Waals surface area contributed by atoms with Crippen molar-refractivity contribution >= 4 is 0 Å². The lowest BCUT2D eigenvalue weighted by molar-refractivity contribution is 0.361. The summed E-state index contributed by atoms with van der Waals surface area (Å²) in [6.07, 6.45) is 5.82. The van der Waals surface area contributed by atoms with Gasteiger partial charge in [-0.15, -0.1) is 0 Å². The number of rotatable bonds is 3. The summed E-state index contributed by atoms with van der Waals surface area (Å²) in [4.78, 5) is 0. The second-order valence-electron chi connectivity index (χ2n) is 4.91. The van der Waals surface area contributed by atoms with E-state index in [1.807, 2.05) is 0 Å². The fourth-order valence-electron chi connectivity index (χ4n) is 2.47. The van der Waals surface area contributed by atoms with Crippen molar-refractivity contribution in [2.75, 3.05) is 6.54 Å². The Morgan fingerprint density at radius 1 is 1.00 bits per heavy atom. The van der Waals surface area contributed by atoms with Crippen molar-refractivity contribution in [2.24, 2.45) is 17.8 Å². The third kappa shape index (κ3) is 1.82. The minimum Gasteiger partial charge on any atom is -0.313 e. The van der Waals surface area contributed by atoms with Crippen LogP contribution in [0.1, 0.15) is 39.5 Å². The lowest BCUT2D eigenvalue weighted by atomic mass is 10.0. The average molecular weight is 167 g/mol. The van der Waals surface area contributed by atoms with Gasteiger partial charge in [-0.3, -0.25) is 0 Å². The van der Waals surface area contributed by atoms with Crippen LogP contribution in [0, 0.1) is 17.8 Å². The lowest BCUT2D eigenvalue weighted by Crippen LogP contribution is -2.36. The van der Waals surface area contributed by atoms with Crippen LogP contribution in [0.4, 0.5) is 0 Å². The van der Waals surface area contributed by atoms with Crippen molar-refractivity contribution in [2.45, 2.75) is 45.6 Å². The molecule has 0 radical (unpaired) electrons. The van der Waals surface area contributed by atoms with E-state index in [-0.39, 0.29) is 0 Å². The number of hydrogen-bond acceptors (Lipinski definition) is 1. The van der Waals surface area contributed by atoms with E-state index in [1.54, 1.807) is 0 Å². The fraction of sp³-hybridized carbons (Fsp3) is 1.00. The van der Waals surface area contributed by atoms with Gasteiger partial charge in [-0.1, -0.05) is 13.8 Å². The van der Waals surface area contributed by atoms with Gasteiger partial charge < -0.3 is 5.32 Å². The highest BCUT2D eigenvalue weighted by molar-refractivity contribution is 4.87. The molecule has 0 spiro atoms. The van der Waals surface area contributed by atoms with E-state index in [0.717, 1.165) is 23.8 Å². The van der Waals surface area contributed by atoms with E-state index in [1.165, 1.54) is 32.2 Å². The normalized spacial score (nSPS) is 42.0. The van der Waals surface area contributed by atoms with Gasteiger partial charge in [-0.2, -0.15) is 0 Å². The van der Waals surface area contributed by atoms with Crippen LogP contribution in [0.15, 0.2) is 0 Å². The van der Waals surface area contributed by atoms with Crippen LogP contribution in [0.2, 0.25) is 0 Å². The van der Waals surface area contributed by atoms with E-state index in [0.29, 0.717) is 0 Å². The molecule has 1 nitrogen and oxygen atoms in total. The Morgan fingerprint density at radius 2 is 1.58 bits per heavy atom. The minimum absolute atomic E-state index is 0.825. The van der Waals surface area contributed by atoms with Gasteiger partial charge in [0, 0.05) is 6.04 Å². The molecule has 2 fully saturated rings. The summed E-state index contributed by atoms with van der Waals surface area (Å²) in [5.74, 6) is 2.86. The third-order valence-electron chi connectivity index (χ3n) is 3.64. The maximum Gasteiger partial charge on any atom is 0.0118 e. The molecule has 0 aliphatic heterocycles. The van der Waals surface area contributed by atoms with Gasteiger partial charge in [-0.05, 0) is 50.0 Å². The summed E-state index contributed by atoms with van der Waals surface area (Å²) in [7, 11) is 0. The molecule has 12 heavy (non-hydrogen) atoms. The van der Waals surface area contributed by atoms with Crippen molar-refractivity contribution < 1.29 is 0 Å². The zero-order valence-corrected chi connectivity index (χ0v) is 8.34. The van der Waals surface area contributed by atoms with Gasteiger partial charge in [0.05, 0.1) is 0 Å². The van der Waals surface area contributed by atoms with E-state index in [2.05, 4.69) is 19.2 Å². The molecule has 2 aliphatic rings. The molecule has 1 heteroatoms. The molecule has 0 aromatic carbocycles. The van der Waals surface area contributed by atoms with Crippen LogP contribution in [-0.4, -0.2) is 12.6 Å². The zero-order valence-electron chi connectivity index (χ0n) is 8.34. The largest absolute Gasteiger partial charge is 0.313 e. The minimum atomic E-state index is 0.825. The zero-order chi connectivity index (χ0) is 8.55. The maximum atomic E-state index is 3.74. The summed E-state index contributed by atoms with van der Waals surface area (Å²) in [5, 5.41) is 3.74. The van der Waals surface area contributed by atoms with Crippen molar-refractivity contribution in [3.05, 3.63) is 0 Å². The van der Waals surface area contributed by atoms with E-state index in [4.69, 9.17) is 0 Å². The van der Waals surface area contributed by atoms with Crippen LogP contribution in [0.3, 0.4) is 0 Å². The Bertz CT molecular complexity index is 141. The summed E-state index contributed by atoms with van der Waals surface area (Å²) < 4.78 is 0. The van der Waals surface area contributed by atoms with E-state index < -0.39 is 0 Å². The molecule has 2 saturated carbocycles. The molecular weight excluding hydrogens is 146 g/mol. The Labute approximate surface area is 75.9 Å². The summed E-state index contributed by atoms with van der Waals surface area (Å²) >= 11 is 0. The van der Waals surface area contributed by atoms with Crippen LogP contribution in [-0.2, 0) is 0 Å². The molecule has 70 valence electrons. The highest BCUT2D eigenvalue weighted by atomic mass is 14.9. The Morgan fingerprint density at radius 3 is 2.08 bits per heavy atom. The molecule has 0 aromatic heterocycles. The molecular formula is C11H21N. The van der Waals surface area contributed by atoms with E-state index in [9.17, 15) is 0 Å². The van der Waals surface area contributed by atoms with Gasteiger partial charge in [0.25, 0.3) is 0 Å². The van der Waals surface area contributed by atoms with Crippen LogP contribution < -0.4 is 5.32 Å². The number of hydrogen-bond donors (Lipinski definition) is 1. The molecule has 0 heterocycles. The van der Waals surface area contributed by atoms with Gasteiger partial charge >= 0.3 is 0 Å². The summed E-state index contributed by atoms with van der Waals surface area (Å²) in [6, 6.07) is 0.825. The smallest absolute Gasteiger partial charge is 0.0118 e. The SMILES string of the molecule is CC1CCC(C)C1NCC1CC1. The molecule has 0 aromatic rings. The maximum absolute atomic E-state index is 3.74. The molecule has 2 unspecified atom stereocenters. The highest BCUT2D eigenvalue weighted by Crippen LogP contribution is 2.32. The molecule has 1 N–H and O–H groups in total. The van der Waals surface area contributed by atoms with Crippen molar-refractivity contribution in [1.29, 1.82) is 0 Å². The standard InChI is InChI=1S/C11H21N/c1-8-3-4-9(2)11(8)12-7-10-5-6-10/h8-12H,3-7H2,1-2H3. The van der Waals surface area contributed by atoms with Gasteiger partial charge in [-0.25, -0.2) is 0 Å². The monoisotopic (exact) mass is 167 g/mol. The van der Waals surface area contributed by atoms with Gasteiger partial charge in [0.2, 0.25) is 0 Å². The molecule has 0 amide bonds. The first-order valence-electron chi connectivity index (χ1n) is 5.50. The first-order valence-corrected chi connectivity index (χ1v) is 5.50. The number of nitrogens with one attached hydrogen (secondary N) is 1. The first-order chi connectivity index (χ1) is 5.77. The van der Waals surface area contributed by atoms with Crippen LogP contribution in [0.5, 0.6) is 0 Å². The highest BCUT2D eigenvalue weighted by Gasteiger charge is 2.31. The van der Waals surface area contributed by atoms with Crippen LogP contribution >= 0.6 is 0 Å². The van der Waals surface area contributed by atoms with Crippen molar-refractivity contribution in [1.82, 2.24) is 5.32 Å². The summed E-state index contributed by atoms with van der Waals surface area (Å²) in [5.41, 5.74) is 0. The second-order valence-corrected chi connectivity index (χ2v) is 4.91. The molecule has 2 rings (SSSR count). The Kier molecular flexibility index (Phi) is 2.40. The van der Waals surface area contributed by atoms with E-state index >= 15 is 0 Å². The van der Waals surface area contributed by atoms with Gasteiger partial charge in [0.15, 0.2) is 0 Å². The lowest BCUT2D eigenvalue weighted by Gasteiger charge is -2.21. The molecule has 0 bridgehead atoms. The quantitative estimate of drug-likeness (QED) is 0.680. The fourth-order valence-corrected chi connectivity index (χ4v) is 2.47. The predicted octanol–water partition coefficient (Wildman–Crippen LogP) is 2.42. The molecule has 2 aliphatic carbocycles. The third-order valence-corrected chi connectivity index (χ3v) is 3.64. The Hall–Kier alpha value is -0.0400. The first kappa shape index (κ1) is 8.55. The topological polar surface area (TPSA) is 12.0 Å². The second kappa shape index (κ2) is 3.37. The van der Waals surface area contributed by atoms with Crippen LogP contribution in [0.25, 0.3) is 0 Å². The van der Waals surface area contributed by atoms with Gasteiger partial charge in [0.1, 0.15) is 0 Å². The average Bonchev–Trinajstić information content (AvgIpc) is 2.80. The molecule has 2 atom stereocenters. The predicted molar refractivity (Wildman–Crippen MR) is 52.1 cm³/mol. The van der Waals surface area contributed by atoms with Crippen molar-refractivity contribution in [3.8, 4) is 0 Å². The Balaban J connectivity index is 1.75.